The minimum absolute atomic E-state index is 0.00772. The van der Waals surface area contributed by atoms with Gasteiger partial charge in [0.25, 0.3) is 0 Å². The molecule has 34 heavy (non-hydrogen) atoms. The number of amides is 1. The van der Waals surface area contributed by atoms with Gasteiger partial charge in [0.2, 0.25) is 15.9 Å². The van der Waals surface area contributed by atoms with Crippen molar-refractivity contribution in [3.63, 3.8) is 0 Å². The first-order chi connectivity index (χ1) is 16.1. The summed E-state index contributed by atoms with van der Waals surface area (Å²) in [5, 5.41) is 2.72. The first-order valence-corrected chi connectivity index (χ1v) is 11.9. The van der Waals surface area contributed by atoms with Crippen LogP contribution in [0.25, 0.3) is 11.1 Å². The third-order valence-electron chi connectivity index (χ3n) is 5.03. The van der Waals surface area contributed by atoms with Crippen LogP contribution in [0, 0.1) is 0 Å². The number of methoxy groups -OCH3 is 2. The molecule has 0 unspecified atom stereocenters. The van der Waals surface area contributed by atoms with Crippen LogP contribution in [0.5, 0.6) is 11.5 Å². The number of hydrogen-bond acceptors (Lipinski definition) is 8. The second-order valence-electron chi connectivity index (χ2n) is 7.72. The van der Waals surface area contributed by atoms with Gasteiger partial charge >= 0.3 is 5.76 Å². The Morgan fingerprint density at radius 2 is 1.82 bits per heavy atom. The molecule has 0 aliphatic carbocycles. The predicted molar refractivity (Wildman–Crippen MR) is 127 cm³/mol. The summed E-state index contributed by atoms with van der Waals surface area (Å²) in [5.41, 5.74) is 1.46. The Morgan fingerprint density at radius 1 is 1.09 bits per heavy atom. The third-order valence-corrected chi connectivity index (χ3v) is 6.49. The Kier molecular flexibility index (Phi) is 7.97. The number of carbonyl (C=O) groups is 1. The lowest BCUT2D eigenvalue weighted by Crippen LogP contribution is -2.28. The molecule has 2 aromatic carbocycles. The van der Waals surface area contributed by atoms with Crippen LogP contribution in [0.1, 0.15) is 6.42 Å². The Bertz CT molecular complexity index is 1330. The number of rotatable bonds is 11. The van der Waals surface area contributed by atoms with Gasteiger partial charge in [-0.15, -0.1) is 0 Å². The van der Waals surface area contributed by atoms with Crippen molar-refractivity contribution in [2.75, 3.05) is 46.7 Å². The van der Waals surface area contributed by atoms with Crippen LogP contribution in [-0.4, -0.2) is 65.2 Å². The summed E-state index contributed by atoms with van der Waals surface area (Å²) in [5.74, 6) is -0.172. The minimum atomic E-state index is -3.85. The standard InChI is InChI=1S/C22H28N4O7S/c1-25(2)11-12-26-17-13-15(5-7-18(17)33-22(26)28)24-21(27)9-10-23-34(29,30)16-6-8-19(31-3)20(14-16)32-4/h5-8,13-14,23H,9-12H2,1-4H3,(H,24,27). The van der Waals surface area contributed by atoms with Crippen LogP contribution >= 0.6 is 0 Å². The molecule has 0 aliphatic heterocycles. The van der Waals surface area contributed by atoms with E-state index in [1.54, 1.807) is 18.2 Å². The zero-order valence-electron chi connectivity index (χ0n) is 19.5. The minimum Gasteiger partial charge on any atom is -0.493 e. The second-order valence-corrected chi connectivity index (χ2v) is 9.49. The molecule has 12 heteroatoms. The van der Waals surface area contributed by atoms with E-state index < -0.39 is 15.8 Å². The number of nitrogens with one attached hydrogen (secondary N) is 2. The van der Waals surface area contributed by atoms with Gasteiger partial charge in [-0.25, -0.2) is 17.9 Å². The van der Waals surface area contributed by atoms with Crippen molar-refractivity contribution in [3.8, 4) is 11.5 Å². The molecule has 1 aromatic heterocycles. The number of anilines is 1. The average molecular weight is 493 g/mol. The van der Waals surface area contributed by atoms with Gasteiger partial charge in [-0.3, -0.25) is 9.36 Å². The van der Waals surface area contributed by atoms with Crippen molar-refractivity contribution in [2.24, 2.45) is 0 Å². The van der Waals surface area contributed by atoms with E-state index in [2.05, 4.69) is 10.0 Å². The zero-order valence-corrected chi connectivity index (χ0v) is 20.3. The summed E-state index contributed by atoms with van der Waals surface area (Å²) in [7, 11) is 2.82. The highest BCUT2D eigenvalue weighted by Crippen LogP contribution is 2.29. The molecule has 3 rings (SSSR count). The lowest BCUT2D eigenvalue weighted by molar-refractivity contribution is -0.116. The summed E-state index contributed by atoms with van der Waals surface area (Å²) < 4.78 is 44.5. The maximum absolute atomic E-state index is 12.6. The number of fused-ring (bicyclic) bond motifs is 1. The van der Waals surface area contributed by atoms with Gasteiger partial charge in [-0.1, -0.05) is 0 Å². The van der Waals surface area contributed by atoms with E-state index >= 15 is 0 Å². The van der Waals surface area contributed by atoms with Gasteiger partial charge in [0.05, 0.1) is 24.6 Å². The van der Waals surface area contributed by atoms with Crippen LogP contribution in [0.4, 0.5) is 5.69 Å². The number of aromatic nitrogens is 1. The lowest BCUT2D eigenvalue weighted by Gasteiger charge is -2.11. The number of oxazole rings is 1. The van der Waals surface area contributed by atoms with Crippen LogP contribution in [0.3, 0.4) is 0 Å². The van der Waals surface area contributed by atoms with E-state index in [1.807, 2.05) is 19.0 Å². The van der Waals surface area contributed by atoms with Gasteiger partial charge < -0.3 is 24.1 Å². The summed E-state index contributed by atoms with van der Waals surface area (Å²) in [6.45, 7) is 0.976. The number of sulfonamides is 1. The maximum Gasteiger partial charge on any atom is 0.419 e. The Morgan fingerprint density at radius 3 is 2.50 bits per heavy atom. The summed E-state index contributed by atoms with van der Waals surface area (Å²) in [6.07, 6.45) is -0.0939. The van der Waals surface area contributed by atoms with Gasteiger partial charge in [0.1, 0.15) is 0 Å². The van der Waals surface area contributed by atoms with Crippen molar-refractivity contribution in [1.29, 1.82) is 0 Å². The highest BCUT2D eigenvalue weighted by Gasteiger charge is 2.17. The van der Waals surface area contributed by atoms with Gasteiger partial charge in [0.15, 0.2) is 17.1 Å². The van der Waals surface area contributed by atoms with E-state index in [1.165, 1.54) is 37.0 Å². The molecule has 1 amide bonds. The van der Waals surface area contributed by atoms with Crippen LogP contribution in [-0.2, 0) is 21.4 Å². The monoisotopic (exact) mass is 492 g/mol. The zero-order chi connectivity index (χ0) is 24.9. The molecule has 3 aromatic rings. The summed E-state index contributed by atoms with van der Waals surface area (Å²) in [4.78, 5) is 26.4. The topological polar surface area (TPSA) is 132 Å². The largest absolute Gasteiger partial charge is 0.493 e. The molecule has 0 radical (unpaired) electrons. The molecule has 0 fully saturated rings. The molecule has 1 heterocycles. The SMILES string of the molecule is COc1ccc(S(=O)(=O)NCCC(=O)Nc2ccc3oc(=O)n(CCN(C)C)c3c2)cc1OC. The van der Waals surface area contributed by atoms with E-state index in [4.69, 9.17) is 13.9 Å². The molecular formula is C22H28N4O7S. The maximum atomic E-state index is 12.6. The predicted octanol–water partition coefficient (Wildman–Crippen LogP) is 1.48. The van der Waals surface area contributed by atoms with Crippen molar-refractivity contribution < 1.29 is 27.1 Å². The fourth-order valence-corrected chi connectivity index (χ4v) is 4.29. The Balaban J connectivity index is 1.62. The smallest absolute Gasteiger partial charge is 0.419 e. The number of nitrogens with zero attached hydrogens (tertiary/aromatic N) is 2. The number of carbonyl (C=O) groups excluding carboxylic acids is 1. The molecule has 0 saturated carbocycles. The van der Waals surface area contributed by atoms with Crippen LogP contribution in [0.2, 0.25) is 0 Å². The van der Waals surface area contributed by atoms with Gasteiger partial charge in [-0.2, -0.15) is 0 Å². The van der Waals surface area contributed by atoms with Gasteiger partial charge in [0, 0.05) is 37.8 Å². The molecule has 0 saturated heterocycles. The molecule has 0 bridgehead atoms. The fourth-order valence-electron chi connectivity index (χ4n) is 3.24. The Labute approximate surface area is 197 Å². The number of hydrogen-bond donors (Lipinski definition) is 2. The molecule has 0 spiro atoms. The first-order valence-electron chi connectivity index (χ1n) is 10.4. The molecule has 2 N–H and O–H groups in total. The first kappa shape index (κ1) is 25.3. The van der Waals surface area contributed by atoms with E-state index in [9.17, 15) is 18.0 Å². The van der Waals surface area contributed by atoms with Crippen LogP contribution in [0.15, 0.2) is 50.5 Å². The van der Waals surface area contributed by atoms with E-state index in [0.717, 1.165) is 0 Å². The van der Waals surface area contributed by atoms with Gasteiger partial charge in [-0.05, 0) is 44.4 Å². The second kappa shape index (κ2) is 10.7. The van der Waals surface area contributed by atoms with E-state index in [-0.39, 0.29) is 29.5 Å². The average Bonchev–Trinajstić information content (AvgIpc) is 3.11. The number of likely N-dealkylation sites (N-methyl/N-ethyl adjacent to an activating group) is 1. The van der Waals surface area contributed by atoms with Crippen molar-refractivity contribution in [1.82, 2.24) is 14.2 Å². The van der Waals surface area contributed by atoms with Crippen LogP contribution < -0.4 is 25.3 Å². The fraction of sp³-hybridized carbons (Fsp3) is 0.364. The lowest BCUT2D eigenvalue weighted by atomic mass is 10.2. The van der Waals surface area contributed by atoms with Crippen molar-refractivity contribution in [2.45, 2.75) is 17.9 Å². The molecular weight excluding hydrogens is 464 g/mol. The third kappa shape index (κ3) is 5.95. The number of benzene rings is 2. The van der Waals surface area contributed by atoms with Crippen molar-refractivity contribution >= 4 is 32.7 Å². The normalized spacial score (nSPS) is 11.7. The molecule has 11 nitrogen and oxygen atoms in total. The summed E-state index contributed by atoms with van der Waals surface area (Å²) in [6, 6.07) is 9.11. The van der Waals surface area contributed by atoms with Crippen molar-refractivity contribution in [3.05, 3.63) is 46.9 Å². The summed E-state index contributed by atoms with van der Waals surface area (Å²) >= 11 is 0. The number of ether oxygens (including phenoxy) is 2. The van der Waals surface area contributed by atoms with E-state index in [0.29, 0.717) is 35.6 Å². The quantitative estimate of drug-likeness (QED) is 0.411. The highest BCUT2D eigenvalue weighted by molar-refractivity contribution is 7.89. The molecule has 184 valence electrons. The highest BCUT2D eigenvalue weighted by atomic mass is 32.2. The Hall–Kier alpha value is -3.35. The molecule has 0 atom stereocenters. The molecule has 0 aliphatic rings.